The summed E-state index contributed by atoms with van der Waals surface area (Å²) in [7, 11) is 0. The fourth-order valence-corrected chi connectivity index (χ4v) is 1.35. The molecular formula is C10H8ClNO. The Hall–Kier alpha value is -1.33. The Kier molecular flexibility index (Phi) is 3.05. The molecule has 66 valence electrons. The van der Waals surface area contributed by atoms with Gasteiger partial charge in [0.15, 0.2) is 5.78 Å². The van der Waals surface area contributed by atoms with Gasteiger partial charge in [-0.05, 0) is 24.6 Å². The number of rotatable bonds is 2. The minimum Gasteiger partial charge on any atom is -0.293 e. The van der Waals surface area contributed by atoms with E-state index in [-0.39, 0.29) is 12.2 Å². The number of Topliss-reactive ketones (excluding diaryl/α,β-unsaturated/α-hetero) is 1. The summed E-state index contributed by atoms with van der Waals surface area (Å²) in [6, 6.07) is 6.97. The molecule has 1 aromatic rings. The Morgan fingerprint density at radius 1 is 1.62 bits per heavy atom. The van der Waals surface area contributed by atoms with Crippen LogP contribution in [-0.2, 0) is 0 Å². The van der Waals surface area contributed by atoms with Crippen molar-refractivity contribution in [1.82, 2.24) is 0 Å². The molecular weight excluding hydrogens is 186 g/mol. The van der Waals surface area contributed by atoms with Crippen LogP contribution in [-0.4, -0.2) is 5.78 Å². The number of halogens is 1. The van der Waals surface area contributed by atoms with E-state index in [0.717, 1.165) is 5.56 Å². The summed E-state index contributed by atoms with van der Waals surface area (Å²) in [5, 5.41) is 8.75. The maximum atomic E-state index is 11.3. The monoisotopic (exact) mass is 193 g/mol. The van der Waals surface area contributed by atoms with Crippen LogP contribution in [0.25, 0.3) is 0 Å². The highest BCUT2D eigenvalue weighted by Gasteiger charge is 2.08. The van der Waals surface area contributed by atoms with Gasteiger partial charge in [-0.1, -0.05) is 17.7 Å². The first-order valence-electron chi connectivity index (χ1n) is 3.81. The molecule has 0 amide bonds. The van der Waals surface area contributed by atoms with Gasteiger partial charge in [-0.3, -0.25) is 4.79 Å². The van der Waals surface area contributed by atoms with Crippen molar-refractivity contribution in [2.24, 2.45) is 0 Å². The third-order valence-electron chi connectivity index (χ3n) is 1.66. The van der Waals surface area contributed by atoms with Crippen molar-refractivity contribution in [3.63, 3.8) is 0 Å². The molecule has 13 heavy (non-hydrogen) atoms. The fraction of sp³-hybridized carbons (Fsp3) is 0.200. The number of nitriles is 1. The predicted molar refractivity (Wildman–Crippen MR) is 50.7 cm³/mol. The van der Waals surface area contributed by atoms with Crippen molar-refractivity contribution < 1.29 is 4.79 Å². The third-order valence-corrected chi connectivity index (χ3v) is 1.98. The summed E-state index contributed by atoms with van der Waals surface area (Å²) in [5.74, 6) is -0.229. The highest BCUT2D eigenvalue weighted by molar-refractivity contribution is 6.34. The summed E-state index contributed by atoms with van der Waals surface area (Å²) in [6.45, 7) is 1.89. The quantitative estimate of drug-likeness (QED) is 0.678. The fourth-order valence-electron chi connectivity index (χ4n) is 1.01. The van der Waals surface area contributed by atoms with Gasteiger partial charge in [-0.2, -0.15) is 5.26 Å². The number of ketones is 1. The van der Waals surface area contributed by atoms with Gasteiger partial charge >= 0.3 is 0 Å². The summed E-state index contributed by atoms with van der Waals surface area (Å²) < 4.78 is 0. The van der Waals surface area contributed by atoms with Gasteiger partial charge in [0.2, 0.25) is 0 Å². The molecule has 0 saturated heterocycles. The van der Waals surface area contributed by atoms with Gasteiger partial charge in [0.25, 0.3) is 0 Å². The van der Waals surface area contributed by atoms with Gasteiger partial charge in [0, 0.05) is 5.56 Å². The average Bonchev–Trinajstić information content (AvgIpc) is 2.04. The van der Waals surface area contributed by atoms with Crippen LogP contribution < -0.4 is 0 Å². The molecule has 1 rings (SSSR count). The first kappa shape index (κ1) is 9.76. The van der Waals surface area contributed by atoms with Crippen molar-refractivity contribution >= 4 is 17.4 Å². The Bertz CT molecular complexity index is 379. The van der Waals surface area contributed by atoms with E-state index in [9.17, 15) is 4.79 Å². The second kappa shape index (κ2) is 4.06. The smallest absolute Gasteiger partial charge is 0.178 e. The second-order valence-electron chi connectivity index (χ2n) is 2.74. The highest BCUT2D eigenvalue weighted by Crippen LogP contribution is 2.18. The molecule has 0 heterocycles. The van der Waals surface area contributed by atoms with Crippen molar-refractivity contribution in [3.05, 3.63) is 34.3 Å². The zero-order valence-electron chi connectivity index (χ0n) is 7.17. The van der Waals surface area contributed by atoms with Crippen LogP contribution in [0.3, 0.4) is 0 Å². The number of aryl methyl sites for hydroxylation is 1. The minimum absolute atomic E-state index is 0.122. The normalized spacial score (nSPS) is 9.31. The van der Waals surface area contributed by atoms with E-state index in [0.29, 0.717) is 10.6 Å². The Morgan fingerprint density at radius 3 is 2.85 bits per heavy atom. The molecule has 0 fully saturated rings. The number of benzene rings is 1. The van der Waals surface area contributed by atoms with E-state index < -0.39 is 0 Å². The molecule has 0 aliphatic carbocycles. The van der Waals surface area contributed by atoms with Gasteiger partial charge in [-0.15, -0.1) is 0 Å². The molecule has 3 heteroatoms. The van der Waals surface area contributed by atoms with Crippen LogP contribution in [0.2, 0.25) is 5.02 Å². The highest BCUT2D eigenvalue weighted by atomic mass is 35.5. The van der Waals surface area contributed by atoms with E-state index in [1.165, 1.54) is 0 Å². The predicted octanol–water partition coefficient (Wildman–Crippen LogP) is 2.74. The number of hydrogen-bond donors (Lipinski definition) is 0. The second-order valence-corrected chi connectivity index (χ2v) is 3.15. The topological polar surface area (TPSA) is 40.9 Å². The largest absolute Gasteiger partial charge is 0.293 e. The Labute approximate surface area is 81.7 Å². The van der Waals surface area contributed by atoms with Gasteiger partial charge in [0.1, 0.15) is 0 Å². The van der Waals surface area contributed by atoms with E-state index in [1.807, 2.05) is 6.92 Å². The number of nitrogens with zero attached hydrogens (tertiary/aromatic N) is 1. The molecule has 2 nitrogen and oxygen atoms in total. The van der Waals surface area contributed by atoms with Gasteiger partial charge < -0.3 is 0 Å². The van der Waals surface area contributed by atoms with Crippen LogP contribution in [0, 0.1) is 18.3 Å². The van der Waals surface area contributed by atoms with Gasteiger partial charge in [-0.25, -0.2) is 0 Å². The lowest BCUT2D eigenvalue weighted by molar-refractivity contribution is 0.0998. The summed E-state index contributed by atoms with van der Waals surface area (Å²) in [4.78, 5) is 11.3. The van der Waals surface area contributed by atoms with Gasteiger partial charge in [0.05, 0.1) is 17.5 Å². The van der Waals surface area contributed by atoms with E-state index in [4.69, 9.17) is 16.9 Å². The van der Waals surface area contributed by atoms with Crippen LogP contribution >= 0.6 is 11.6 Å². The lowest BCUT2D eigenvalue weighted by Crippen LogP contribution is -1.98. The van der Waals surface area contributed by atoms with Crippen molar-refractivity contribution in [1.29, 1.82) is 5.26 Å². The number of carbonyl (C=O) groups is 1. The lowest BCUT2D eigenvalue weighted by Gasteiger charge is -2.00. The number of carbonyl (C=O) groups excluding carboxylic acids is 1. The first-order valence-corrected chi connectivity index (χ1v) is 4.19. The molecule has 0 radical (unpaired) electrons. The molecule has 1 aromatic carbocycles. The molecule has 0 saturated carbocycles. The zero-order chi connectivity index (χ0) is 9.84. The van der Waals surface area contributed by atoms with Crippen LogP contribution in [0.15, 0.2) is 18.2 Å². The van der Waals surface area contributed by atoms with E-state index in [2.05, 4.69) is 0 Å². The standard InChI is InChI=1S/C10H8ClNO/c1-7-2-3-8(9(11)6-7)10(13)4-5-12/h2-3,6H,4H2,1H3. The van der Waals surface area contributed by atoms with Crippen molar-refractivity contribution in [3.8, 4) is 6.07 Å². The molecule has 0 bridgehead atoms. The molecule has 0 atom stereocenters. The molecule has 0 N–H and O–H groups in total. The molecule has 0 unspecified atom stereocenters. The maximum Gasteiger partial charge on any atom is 0.178 e. The van der Waals surface area contributed by atoms with E-state index in [1.54, 1.807) is 24.3 Å². The zero-order valence-corrected chi connectivity index (χ0v) is 7.93. The minimum atomic E-state index is -0.229. The van der Waals surface area contributed by atoms with Crippen molar-refractivity contribution in [2.75, 3.05) is 0 Å². The average molecular weight is 194 g/mol. The van der Waals surface area contributed by atoms with E-state index >= 15 is 0 Å². The molecule has 0 aliphatic rings. The molecule has 0 aromatic heterocycles. The first-order chi connectivity index (χ1) is 6.15. The molecule has 0 aliphatic heterocycles. The Morgan fingerprint density at radius 2 is 2.31 bits per heavy atom. The molecule has 0 spiro atoms. The van der Waals surface area contributed by atoms with Crippen molar-refractivity contribution in [2.45, 2.75) is 13.3 Å². The van der Waals surface area contributed by atoms with Crippen LogP contribution in [0.5, 0.6) is 0 Å². The summed E-state index contributed by atoms with van der Waals surface area (Å²) >= 11 is 5.83. The Balaban J connectivity index is 3.03. The lowest BCUT2D eigenvalue weighted by atomic mass is 10.1. The summed E-state index contributed by atoms with van der Waals surface area (Å²) in [5.41, 5.74) is 1.42. The maximum absolute atomic E-state index is 11.3. The number of hydrogen-bond acceptors (Lipinski definition) is 2. The third kappa shape index (κ3) is 2.30. The SMILES string of the molecule is Cc1ccc(C(=O)CC#N)c(Cl)c1. The van der Waals surface area contributed by atoms with Crippen LogP contribution in [0.1, 0.15) is 22.3 Å². The van der Waals surface area contributed by atoms with Crippen LogP contribution in [0.4, 0.5) is 0 Å². The summed E-state index contributed by atoms with van der Waals surface area (Å²) in [6.07, 6.45) is -0.122.